The number of aromatic nitrogens is 4. The number of H-pyrrole nitrogens is 1. The molecular weight excluding hydrogens is 316 g/mol. The number of hydrogen-bond donors (Lipinski definition) is 2. The van der Waals surface area contributed by atoms with Crippen molar-refractivity contribution in [3.8, 4) is 0 Å². The lowest BCUT2D eigenvalue weighted by Gasteiger charge is -2.35. The van der Waals surface area contributed by atoms with E-state index in [-0.39, 0.29) is 6.03 Å². The number of hydrogen-bond acceptors (Lipinski definition) is 3. The summed E-state index contributed by atoms with van der Waals surface area (Å²) in [6.07, 6.45) is 8.06. The average Bonchev–Trinajstić information content (AvgIpc) is 3.32. The predicted octanol–water partition coefficient (Wildman–Crippen LogP) is 2.73. The van der Waals surface area contributed by atoms with Crippen molar-refractivity contribution in [2.75, 3.05) is 13.1 Å². The van der Waals surface area contributed by atoms with Gasteiger partial charge in [-0.05, 0) is 38.7 Å². The molecular formula is C18H22N6O. The van der Waals surface area contributed by atoms with Crippen LogP contribution in [0.2, 0.25) is 0 Å². The first-order valence-electron chi connectivity index (χ1n) is 9.07. The average molecular weight is 338 g/mol. The summed E-state index contributed by atoms with van der Waals surface area (Å²) in [5, 5.41) is 4.06. The van der Waals surface area contributed by atoms with Crippen molar-refractivity contribution in [1.82, 2.24) is 29.7 Å². The zero-order chi connectivity index (χ0) is 17.0. The molecule has 0 unspecified atom stereocenters. The Labute approximate surface area is 145 Å². The molecule has 0 aromatic carbocycles. The van der Waals surface area contributed by atoms with E-state index in [2.05, 4.69) is 32.8 Å². The standard InChI is InChI=1S/C18H22N6O/c1-11-22-15-10-21-17-14(6-7-19-17)16(15)24(11)13-4-2-12(3-5-13)23-9-8-20-18(23)25/h6-7,10,12-13H,2-5,8-9H2,1H3,(H,19,21)(H,20,25)/t12-,13-. The molecule has 3 aromatic heterocycles. The Hall–Kier alpha value is -2.57. The third kappa shape index (κ3) is 2.22. The molecule has 2 aliphatic rings. The molecule has 0 atom stereocenters. The molecule has 25 heavy (non-hydrogen) atoms. The van der Waals surface area contributed by atoms with Crippen molar-refractivity contribution in [3.05, 3.63) is 24.3 Å². The van der Waals surface area contributed by atoms with Gasteiger partial charge in [0.15, 0.2) is 0 Å². The third-order valence-electron chi connectivity index (χ3n) is 5.77. The summed E-state index contributed by atoms with van der Waals surface area (Å²) < 4.78 is 2.40. The maximum atomic E-state index is 11.9. The van der Waals surface area contributed by atoms with Crippen LogP contribution in [0.5, 0.6) is 0 Å². The number of aryl methyl sites for hydroxylation is 1. The zero-order valence-corrected chi connectivity index (χ0v) is 14.3. The second-order valence-corrected chi connectivity index (χ2v) is 7.15. The Morgan fingerprint density at radius 2 is 2.00 bits per heavy atom. The number of rotatable bonds is 2. The number of amides is 2. The van der Waals surface area contributed by atoms with E-state index in [0.29, 0.717) is 12.1 Å². The molecule has 130 valence electrons. The third-order valence-corrected chi connectivity index (χ3v) is 5.77. The summed E-state index contributed by atoms with van der Waals surface area (Å²) >= 11 is 0. The highest BCUT2D eigenvalue weighted by molar-refractivity contribution is 6.01. The van der Waals surface area contributed by atoms with Crippen LogP contribution in [0.1, 0.15) is 37.5 Å². The second-order valence-electron chi connectivity index (χ2n) is 7.15. The van der Waals surface area contributed by atoms with Crippen molar-refractivity contribution in [2.24, 2.45) is 0 Å². The first-order chi connectivity index (χ1) is 12.2. The van der Waals surface area contributed by atoms with E-state index in [9.17, 15) is 4.79 Å². The normalized spacial score (nSPS) is 24.4. The van der Waals surface area contributed by atoms with Crippen molar-refractivity contribution in [3.63, 3.8) is 0 Å². The van der Waals surface area contributed by atoms with Crippen LogP contribution >= 0.6 is 0 Å². The Balaban J connectivity index is 1.47. The van der Waals surface area contributed by atoms with E-state index >= 15 is 0 Å². The van der Waals surface area contributed by atoms with Gasteiger partial charge in [-0.3, -0.25) is 0 Å². The smallest absolute Gasteiger partial charge is 0.317 e. The van der Waals surface area contributed by atoms with Gasteiger partial charge in [-0.25, -0.2) is 14.8 Å². The fraction of sp³-hybridized carbons (Fsp3) is 0.500. The van der Waals surface area contributed by atoms with Crippen LogP contribution < -0.4 is 5.32 Å². The van der Waals surface area contributed by atoms with Gasteiger partial charge in [0.1, 0.15) is 17.0 Å². The molecule has 7 nitrogen and oxygen atoms in total. The number of fused-ring (bicyclic) bond motifs is 3. The lowest BCUT2D eigenvalue weighted by Crippen LogP contribution is -2.40. The highest BCUT2D eigenvalue weighted by Crippen LogP contribution is 2.36. The molecule has 2 fully saturated rings. The van der Waals surface area contributed by atoms with E-state index < -0.39 is 0 Å². The van der Waals surface area contributed by atoms with E-state index in [1.54, 1.807) is 0 Å². The minimum Gasteiger partial charge on any atom is -0.346 e. The number of pyridine rings is 1. The first kappa shape index (κ1) is 14.7. The van der Waals surface area contributed by atoms with Gasteiger partial charge < -0.3 is 19.8 Å². The van der Waals surface area contributed by atoms with E-state index in [1.165, 1.54) is 5.52 Å². The predicted molar refractivity (Wildman–Crippen MR) is 95.5 cm³/mol. The van der Waals surface area contributed by atoms with Crippen LogP contribution in [0.4, 0.5) is 4.79 Å². The van der Waals surface area contributed by atoms with E-state index in [4.69, 9.17) is 4.98 Å². The van der Waals surface area contributed by atoms with Crippen molar-refractivity contribution in [1.29, 1.82) is 0 Å². The Kier molecular flexibility index (Phi) is 3.23. The monoisotopic (exact) mass is 338 g/mol. The van der Waals surface area contributed by atoms with Crippen LogP contribution in [0.3, 0.4) is 0 Å². The van der Waals surface area contributed by atoms with Crippen LogP contribution in [-0.2, 0) is 0 Å². The molecule has 4 heterocycles. The van der Waals surface area contributed by atoms with Crippen LogP contribution in [0.25, 0.3) is 22.1 Å². The summed E-state index contributed by atoms with van der Waals surface area (Å²) in [6.45, 7) is 3.71. The number of aromatic amines is 1. The fourth-order valence-corrected chi connectivity index (χ4v) is 4.62. The van der Waals surface area contributed by atoms with Gasteiger partial charge in [0.25, 0.3) is 0 Å². The molecule has 0 spiro atoms. The fourth-order valence-electron chi connectivity index (χ4n) is 4.62. The largest absolute Gasteiger partial charge is 0.346 e. The summed E-state index contributed by atoms with van der Waals surface area (Å²) in [7, 11) is 0. The minimum atomic E-state index is 0.104. The maximum Gasteiger partial charge on any atom is 0.317 e. The summed E-state index contributed by atoms with van der Waals surface area (Å²) in [6, 6.07) is 3.01. The van der Waals surface area contributed by atoms with Crippen LogP contribution in [0, 0.1) is 6.92 Å². The molecule has 2 N–H and O–H groups in total. The lowest BCUT2D eigenvalue weighted by atomic mass is 9.90. The molecule has 1 saturated carbocycles. The van der Waals surface area contributed by atoms with Crippen molar-refractivity contribution >= 4 is 28.1 Å². The molecule has 0 bridgehead atoms. The highest BCUT2D eigenvalue weighted by Gasteiger charge is 2.32. The number of urea groups is 1. The van der Waals surface area contributed by atoms with Crippen LogP contribution in [-0.4, -0.2) is 49.6 Å². The van der Waals surface area contributed by atoms with Gasteiger partial charge >= 0.3 is 6.03 Å². The van der Waals surface area contributed by atoms with E-state index in [0.717, 1.165) is 61.1 Å². The minimum absolute atomic E-state index is 0.104. The number of nitrogens with zero attached hydrogens (tertiary/aromatic N) is 4. The lowest BCUT2D eigenvalue weighted by molar-refractivity contribution is 0.166. The Morgan fingerprint density at radius 1 is 1.20 bits per heavy atom. The molecule has 0 radical (unpaired) electrons. The summed E-state index contributed by atoms with van der Waals surface area (Å²) in [5.41, 5.74) is 3.06. The summed E-state index contributed by atoms with van der Waals surface area (Å²) in [4.78, 5) is 26.3. The number of carbonyl (C=O) groups excluding carboxylic acids is 1. The maximum absolute atomic E-state index is 11.9. The topological polar surface area (TPSA) is 78.8 Å². The molecule has 3 aromatic rings. The SMILES string of the molecule is Cc1nc2cnc3[nH]ccc3c2n1[C@H]1CC[C@H](N2CCNC2=O)CC1. The van der Waals surface area contributed by atoms with Crippen LogP contribution in [0.15, 0.2) is 18.5 Å². The quantitative estimate of drug-likeness (QED) is 0.754. The van der Waals surface area contributed by atoms with Gasteiger partial charge in [-0.2, -0.15) is 0 Å². The first-order valence-corrected chi connectivity index (χ1v) is 9.07. The Bertz CT molecular complexity index is 949. The van der Waals surface area contributed by atoms with Gasteiger partial charge in [0.2, 0.25) is 0 Å². The number of nitrogens with one attached hydrogen (secondary N) is 2. The van der Waals surface area contributed by atoms with Gasteiger partial charge in [0.05, 0.1) is 11.7 Å². The molecule has 7 heteroatoms. The Morgan fingerprint density at radius 3 is 2.76 bits per heavy atom. The van der Waals surface area contributed by atoms with Crippen molar-refractivity contribution < 1.29 is 4.79 Å². The second kappa shape index (κ2) is 5.47. The molecule has 5 rings (SSSR count). The molecule has 1 saturated heterocycles. The molecule has 1 aliphatic carbocycles. The van der Waals surface area contributed by atoms with E-state index in [1.807, 2.05) is 17.3 Å². The zero-order valence-electron chi connectivity index (χ0n) is 14.3. The van der Waals surface area contributed by atoms with Crippen molar-refractivity contribution in [2.45, 2.75) is 44.7 Å². The molecule has 2 amide bonds. The number of imidazole rings is 1. The molecule has 1 aliphatic heterocycles. The highest BCUT2D eigenvalue weighted by atomic mass is 16.2. The number of carbonyl (C=O) groups is 1. The van der Waals surface area contributed by atoms with Gasteiger partial charge in [0, 0.05) is 36.8 Å². The van der Waals surface area contributed by atoms with Gasteiger partial charge in [-0.15, -0.1) is 0 Å². The summed E-state index contributed by atoms with van der Waals surface area (Å²) in [5.74, 6) is 1.05. The van der Waals surface area contributed by atoms with Gasteiger partial charge in [-0.1, -0.05) is 0 Å².